The molecule has 2 rings (SSSR count). The minimum absolute atomic E-state index is 0.120. The van der Waals surface area contributed by atoms with Crippen LogP contribution in [0.1, 0.15) is 5.69 Å². The van der Waals surface area contributed by atoms with Gasteiger partial charge in [0.25, 0.3) is 5.56 Å². The number of aromatic amines is 1. The van der Waals surface area contributed by atoms with E-state index in [0.717, 1.165) is 11.4 Å². The molecular weight excluding hydrogens is 178 g/mol. The van der Waals surface area contributed by atoms with Crippen LogP contribution in [-0.2, 0) is 0 Å². The summed E-state index contributed by atoms with van der Waals surface area (Å²) in [4.78, 5) is 11.1. The molecule has 0 aliphatic heterocycles. The molecule has 0 saturated carbocycles. The molecule has 0 radical (unpaired) electrons. The summed E-state index contributed by atoms with van der Waals surface area (Å²) in [5.41, 5.74) is 7.95. The molecule has 72 valence electrons. The fourth-order valence-corrected chi connectivity index (χ4v) is 1.43. The normalized spacial score (nSPS) is 10.4. The van der Waals surface area contributed by atoms with Gasteiger partial charge in [-0.3, -0.25) is 14.6 Å². The Bertz CT molecular complexity index is 510. The Balaban J connectivity index is 2.66. The Morgan fingerprint density at radius 2 is 2.07 bits per heavy atom. The first-order chi connectivity index (χ1) is 6.68. The number of nitrogens with two attached hydrogens (primary N) is 1. The predicted molar refractivity (Wildman–Crippen MR) is 55.5 cm³/mol. The first-order valence-corrected chi connectivity index (χ1v) is 4.32. The summed E-state index contributed by atoms with van der Waals surface area (Å²) >= 11 is 0. The standard InChI is InChI=1S/C10H11N3O/c1-7-6-10(14)12-13(7)9-5-3-2-4-8(9)11/h2-6H,11H2,1H3,(H,12,14). The minimum atomic E-state index is -0.120. The number of aromatic nitrogens is 2. The van der Waals surface area contributed by atoms with Crippen molar-refractivity contribution < 1.29 is 0 Å². The quantitative estimate of drug-likeness (QED) is 0.659. The van der Waals surface area contributed by atoms with E-state index in [0.29, 0.717) is 5.69 Å². The lowest BCUT2D eigenvalue weighted by Gasteiger charge is -2.07. The van der Waals surface area contributed by atoms with Crippen LogP contribution in [0.3, 0.4) is 0 Å². The Morgan fingerprint density at radius 3 is 2.64 bits per heavy atom. The number of nitrogen functional groups attached to an aromatic ring is 1. The zero-order valence-corrected chi connectivity index (χ0v) is 7.82. The molecule has 0 amide bonds. The van der Waals surface area contributed by atoms with Crippen molar-refractivity contribution in [2.45, 2.75) is 6.92 Å². The highest BCUT2D eigenvalue weighted by atomic mass is 16.1. The van der Waals surface area contributed by atoms with Crippen molar-refractivity contribution in [2.75, 3.05) is 5.73 Å². The van der Waals surface area contributed by atoms with E-state index < -0.39 is 0 Å². The van der Waals surface area contributed by atoms with Crippen molar-refractivity contribution in [3.8, 4) is 5.69 Å². The molecule has 1 aromatic carbocycles. The average Bonchev–Trinajstić information content (AvgIpc) is 2.46. The molecule has 2 aromatic rings. The van der Waals surface area contributed by atoms with Crippen LogP contribution in [0, 0.1) is 6.92 Å². The molecule has 1 aromatic heterocycles. The average molecular weight is 189 g/mol. The highest BCUT2D eigenvalue weighted by Crippen LogP contribution is 2.15. The number of aryl methyl sites for hydroxylation is 1. The second-order valence-electron chi connectivity index (χ2n) is 3.16. The summed E-state index contributed by atoms with van der Waals surface area (Å²) in [6.45, 7) is 1.85. The summed E-state index contributed by atoms with van der Waals surface area (Å²) in [7, 11) is 0. The van der Waals surface area contributed by atoms with Crippen molar-refractivity contribution in [2.24, 2.45) is 0 Å². The van der Waals surface area contributed by atoms with Crippen LogP contribution < -0.4 is 11.3 Å². The number of anilines is 1. The van der Waals surface area contributed by atoms with E-state index in [1.165, 1.54) is 6.07 Å². The first-order valence-electron chi connectivity index (χ1n) is 4.32. The van der Waals surface area contributed by atoms with Crippen LogP contribution in [-0.4, -0.2) is 9.78 Å². The molecule has 0 aliphatic rings. The van der Waals surface area contributed by atoms with Gasteiger partial charge in [-0.25, -0.2) is 0 Å². The molecule has 14 heavy (non-hydrogen) atoms. The fourth-order valence-electron chi connectivity index (χ4n) is 1.43. The van der Waals surface area contributed by atoms with Gasteiger partial charge in [0.15, 0.2) is 0 Å². The monoisotopic (exact) mass is 189 g/mol. The highest BCUT2D eigenvalue weighted by molar-refractivity contribution is 5.57. The number of hydrogen-bond acceptors (Lipinski definition) is 2. The van der Waals surface area contributed by atoms with Crippen LogP contribution >= 0.6 is 0 Å². The van der Waals surface area contributed by atoms with Crippen molar-refractivity contribution in [1.82, 2.24) is 9.78 Å². The Kier molecular flexibility index (Phi) is 1.89. The summed E-state index contributed by atoms with van der Waals surface area (Å²) < 4.78 is 1.68. The van der Waals surface area contributed by atoms with E-state index in [9.17, 15) is 4.79 Å². The summed E-state index contributed by atoms with van der Waals surface area (Å²) in [6.07, 6.45) is 0. The molecule has 0 fully saturated rings. The van der Waals surface area contributed by atoms with Gasteiger partial charge in [0.1, 0.15) is 0 Å². The lowest BCUT2D eigenvalue weighted by molar-refractivity contribution is 0.836. The van der Waals surface area contributed by atoms with Crippen LogP contribution in [0.4, 0.5) is 5.69 Å². The maximum absolute atomic E-state index is 11.1. The number of nitrogens with zero attached hydrogens (tertiary/aromatic N) is 1. The summed E-state index contributed by atoms with van der Waals surface area (Å²) in [5.74, 6) is 0. The maximum Gasteiger partial charge on any atom is 0.264 e. The predicted octanol–water partition coefficient (Wildman–Crippen LogP) is 1.06. The first kappa shape index (κ1) is 8.62. The van der Waals surface area contributed by atoms with E-state index in [1.807, 2.05) is 25.1 Å². The Hall–Kier alpha value is -1.97. The molecule has 0 bridgehead atoms. The van der Waals surface area contributed by atoms with Gasteiger partial charge in [0.2, 0.25) is 0 Å². The van der Waals surface area contributed by atoms with Gasteiger partial charge in [-0.15, -0.1) is 0 Å². The number of para-hydroxylation sites is 2. The van der Waals surface area contributed by atoms with E-state index in [-0.39, 0.29) is 5.56 Å². The minimum Gasteiger partial charge on any atom is -0.397 e. The molecule has 3 N–H and O–H groups in total. The summed E-state index contributed by atoms with van der Waals surface area (Å²) in [6, 6.07) is 8.93. The SMILES string of the molecule is Cc1cc(=O)[nH]n1-c1ccccc1N. The third kappa shape index (κ3) is 1.31. The molecule has 0 unspecified atom stereocenters. The Morgan fingerprint density at radius 1 is 1.36 bits per heavy atom. The zero-order valence-electron chi connectivity index (χ0n) is 7.82. The number of nitrogens with one attached hydrogen (secondary N) is 1. The van der Waals surface area contributed by atoms with Crippen molar-refractivity contribution in [3.05, 3.63) is 46.4 Å². The smallest absolute Gasteiger partial charge is 0.264 e. The van der Waals surface area contributed by atoms with Gasteiger partial charge in [-0.2, -0.15) is 0 Å². The molecule has 4 nitrogen and oxygen atoms in total. The molecule has 0 spiro atoms. The maximum atomic E-state index is 11.1. The molecule has 0 saturated heterocycles. The second kappa shape index (κ2) is 3.06. The third-order valence-corrected chi connectivity index (χ3v) is 2.09. The van der Waals surface area contributed by atoms with Crippen molar-refractivity contribution >= 4 is 5.69 Å². The second-order valence-corrected chi connectivity index (χ2v) is 3.16. The van der Waals surface area contributed by atoms with Crippen LogP contribution in [0.5, 0.6) is 0 Å². The number of H-pyrrole nitrogens is 1. The molecule has 0 aliphatic carbocycles. The largest absolute Gasteiger partial charge is 0.397 e. The lowest BCUT2D eigenvalue weighted by atomic mass is 10.2. The third-order valence-electron chi connectivity index (χ3n) is 2.09. The van der Waals surface area contributed by atoms with Gasteiger partial charge < -0.3 is 5.73 Å². The van der Waals surface area contributed by atoms with Gasteiger partial charge in [-0.1, -0.05) is 12.1 Å². The molecule has 4 heteroatoms. The topological polar surface area (TPSA) is 63.8 Å². The van der Waals surface area contributed by atoms with Crippen LogP contribution in [0.15, 0.2) is 35.1 Å². The molecule has 0 atom stereocenters. The van der Waals surface area contributed by atoms with Gasteiger partial charge in [0.05, 0.1) is 11.4 Å². The van der Waals surface area contributed by atoms with Crippen LogP contribution in [0.2, 0.25) is 0 Å². The van der Waals surface area contributed by atoms with E-state index in [2.05, 4.69) is 5.10 Å². The molecular formula is C10H11N3O. The van der Waals surface area contributed by atoms with Gasteiger partial charge in [0, 0.05) is 11.8 Å². The Labute approximate surface area is 81.0 Å². The number of rotatable bonds is 1. The van der Waals surface area contributed by atoms with Gasteiger partial charge >= 0.3 is 0 Å². The van der Waals surface area contributed by atoms with Crippen molar-refractivity contribution in [1.29, 1.82) is 0 Å². The number of benzene rings is 1. The fraction of sp³-hybridized carbons (Fsp3) is 0.100. The van der Waals surface area contributed by atoms with E-state index in [1.54, 1.807) is 10.7 Å². The molecule has 1 heterocycles. The van der Waals surface area contributed by atoms with E-state index in [4.69, 9.17) is 5.73 Å². The highest BCUT2D eigenvalue weighted by Gasteiger charge is 2.04. The summed E-state index contributed by atoms with van der Waals surface area (Å²) in [5, 5.41) is 2.68. The van der Waals surface area contributed by atoms with E-state index >= 15 is 0 Å². The number of hydrogen-bond donors (Lipinski definition) is 2. The van der Waals surface area contributed by atoms with Gasteiger partial charge in [-0.05, 0) is 19.1 Å². The lowest BCUT2D eigenvalue weighted by Crippen LogP contribution is -2.06. The van der Waals surface area contributed by atoms with Crippen molar-refractivity contribution in [3.63, 3.8) is 0 Å². The van der Waals surface area contributed by atoms with Crippen LogP contribution in [0.25, 0.3) is 5.69 Å². The zero-order chi connectivity index (χ0) is 10.1.